The molecule has 0 aromatic heterocycles. The second-order valence-electron chi connectivity index (χ2n) is 7.49. The molecule has 2 atom stereocenters. The molecule has 0 N–H and O–H groups in total. The average molecular weight is 407 g/mol. The molecular weight excluding hydrogens is 373 g/mol. The smallest absolute Gasteiger partial charge is 0.200 e. The number of hydrogen-bond acceptors (Lipinski definition) is 1. The van der Waals surface area contributed by atoms with Crippen molar-refractivity contribution in [2.75, 3.05) is 6.61 Å². The molecule has 0 bridgehead atoms. The molecule has 1 nitrogen and oxygen atoms in total. The lowest BCUT2D eigenvalue weighted by atomic mass is 9.89. The van der Waals surface area contributed by atoms with E-state index in [4.69, 9.17) is 4.74 Å². The van der Waals surface area contributed by atoms with Gasteiger partial charge >= 0.3 is 0 Å². The van der Waals surface area contributed by atoms with Gasteiger partial charge in [-0.2, -0.15) is 4.39 Å². The number of hydrogen-bond donors (Lipinski definition) is 0. The molecule has 0 saturated heterocycles. The van der Waals surface area contributed by atoms with E-state index in [-0.39, 0.29) is 29.7 Å². The van der Waals surface area contributed by atoms with Crippen LogP contribution in [0.2, 0.25) is 0 Å². The first-order valence-electron chi connectivity index (χ1n) is 10.2. The van der Waals surface area contributed by atoms with Gasteiger partial charge in [0.1, 0.15) is 5.82 Å². The number of aryl methyl sites for hydroxylation is 1. The highest BCUT2D eigenvalue weighted by molar-refractivity contribution is 5.50. The van der Waals surface area contributed by atoms with Crippen LogP contribution in [-0.2, 0) is 11.2 Å². The van der Waals surface area contributed by atoms with Gasteiger partial charge in [0, 0.05) is 5.56 Å². The summed E-state index contributed by atoms with van der Waals surface area (Å²) in [6, 6.07) is 5.33. The molecule has 160 valence electrons. The number of halogens is 3. The van der Waals surface area contributed by atoms with Crippen LogP contribution in [0.3, 0.4) is 0 Å². The van der Waals surface area contributed by atoms with E-state index in [0.717, 1.165) is 24.8 Å². The van der Waals surface area contributed by atoms with E-state index < -0.39 is 11.7 Å². The molecule has 1 aromatic rings. The summed E-state index contributed by atoms with van der Waals surface area (Å²) in [4.78, 5) is 0. The minimum atomic E-state index is -1.08. The molecule has 0 saturated carbocycles. The number of benzene rings is 1. The third-order valence-electron chi connectivity index (χ3n) is 5.06. The Morgan fingerprint density at radius 1 is 1.10 bits per heavy atom. The predicted octanol–water partition coefficient (Wildman–Crippen LogP) is 8.10. The maximum atomic E-state index is 14.3. The molecule has 0 heterocycles. The highest BCUT2D eigenvalue weighted by Crippen LogP contribution is 2.30. The largest absolute Gasteiger partial charge is 0.491 e. The highest BCUT2D eigenvalue weighted by atomic mass is 19.2. The van der Waals surface area contributed by atoms with Crippen LogP contribution in [0.15, 0.2) is 60.4 Å². The van der Waals surface area contributed by atoms with Gasteiger partial charge in [0.15, 0.2) is 17.4 Å². The molecule has 29 heavy (non-hydrogen) atoms. The fourth-order valence-corrected chi connectivity index (χ4v) is 3.02. The Bertz CT molecular complexity index is 761. The van der Waals surface area contributed by atoms with Gasteiger partial charge in [-0.3, -0.25) is 0 Å². The van der Waals surface area contributed by atoms with Gasteiger partial charge in [-0.1, -0.05) is 57.7 Å². The van der Waals surface area contributed by atoms with Crippen molar-refractivity contribution in [3.05, 3.63) is 77.4 Å². The van der Waals surface area contributed by atoms with Crippen LogP contribution in [0.5, 0.6) is 0 Å². The Morgan fingerprint density at radius 3 is 2.38 bits per heavy atom. The Balaban J connectivity index is 2.54. The first kappa shape index (κ1) is 24.8. The van der Waals surface area contributed by atoms with Crippen molar-refractivity contribution in [1.82, 2.24) is 0 Å². The van der Waals surface area contributed by atoms with Crippen molar-refractivity contribution < 1.29 is 17.9 Å². The van der Waals surface area contributed by atoms with E-state index in [1.807, 2.05) is 26.0 Å². The summed E-state index contributed by atoms with van der Waals surface area (Å²) < 4.78 is 47.2. The van der Waals surface area contributed by atoms with E-state index in [1.54, 1.807) is 25.1 Å². The topological polar surface area (TPSA) is 9.23 Å². The summed E-state index contributed by atoms with van der Waals surface area (Å²) in [5.74, 6) is -2.41. The predicted molar refractivity (Wildman–Crippen MR) is 116 cm³/mol. The van der Waals surface area contributed by atoms with Gasteiger partial charge in [0.05, 0.1) is 6.61 Å². The molecule has 0 aliphatic carbocycles. The van der Waals surface area contributed by atoms with Gasteiger partial charge in [0.25, 0.3) is 0 Å². The molecular formula is C25H33F3O. The molecule has 0 aliphatic heterocycles. The molecule has 1 rings (SSSR count). The van der Waals surface area contributed by atoms with Crippen LogP contribution in [0.25, 0.3) is 6.08 Å². The molecule has 1 aromatic carbocycles. The van der Waals surface area contributed by atoms with Crippen LogP contribution >= 0.6 is 0 Å². The lowest BCUT2D eigenvalue weighted by Gasteiger charge is -2.17. The van der Waals surface area contributed by atoms with E-state index in [2.05, 4.69) is 20.1 Å². The van der Waals surface area contributed by atoms with E-state index in [1.165, 1.54) is 0 Å². The molecule has 0 fully saturated rings. The van der Waals surface area contributed by atoms with Crippen molar-refractivity contribution >= 4 is 6.08 Å². The summed E-state index contributed by atoms with van der Waals surface area (Å²) in [7, 11) is 0. The van der Waals surface area contributed by atoms with E-state index in [9.17, 15) is 13.2 Å². The van der Waals surface area contributed by atoms with Crippen LogP contribution in [0.4, 0.5) is 13.2 Å². The first-order chi connectivity index (χ1) is 13.7. The summed E-state index contributed by atoms with van der Waals surface area (Å²) in [6.07, 6.45) is 6.77. The van der Waals surface area contributed by atoms with Crippen molar-refractivity contribution in [3.63, 3.8) is 0 Å². The molecule has 0 aliphatic rings. The first-order valence-corrected chi connectivity index (χ1v) is 10.2. The molecule has 2 unspecified atom stereocenters. The normalized spacial score (nSPS) is 14.4. The summed E-state index contributed by atoms with van der Waals surface area (Å²) in [5, 5.41) is 0. The zero-order valence-corrected chi connectivity index (χ0v) is 18.0. The fourth-order valence-electron chi connectivity index (χ4n) is 3.02. The van der Waals surface area contributed by atoms with E-state index in [0.29, 0.717) is 17.9 Å². The molecule has 0 radical (unpaired) electrons. The lowest BCUT2D eigenvalue weighted by molar-refractivity contribution is 0.223. The van der Waals surface area contributed by atoms with Crippen LogP contribution in [0.1, 0.15) is 58.1 Å². The quantitative estimate of drug-likeness (QED) is 0.252. The third-order valence-corrected chi connectivity index (χ3v) is 5.06. The monoisotopic (exact) mass is 406 g/mol. The van der Waals surface area contributed by atoms with Gasteiger partial charge in [-0.25, -0.2) is 8.78 Å². The molecule has 4 heteroatoms. The van der Waals surface area contributed by atoms with Gasteiger partial charge in [-0.05, 0) is 62.1 Å². The van der Waals surface area contributed by atoms with Gasteiger partial charge < -0.3 is 4.74 Å². The number of rotatable bonds is 12. The van der Waals surface area contributed by atoms with Crippen molar-refractivity contribution in [3.8, 4) is 0 Å². The van der Waals surface area contributed by atoms with Crippen molar-refractivity contribution in [2.45, 2.75) is 53.4 Å². The van der Waals surface area contributed by atoms with Crippen molar-refractivity contribution in [1.29, 1.82) is 0 Å². The minimum Gasteiger partial charge on any atom is -0.491 e. The average Bonchev–Trinajstić information content (AvgIpc) is 2.70. The SMILES string of the molecule is C=C(OCC)/C(F)=C(/F)C(=C)C(C)CCC(C)CCc1ccc(/C=C/C)c(F)c1. The third kappa shape index (κ3) is 7.96. The molecule has 0 amide bonds. The summed E-state index contributed by atoms with van der Waals surface area (Å²) in [5.41, 5.74) is 1.67. The van der Waals surface area contributed by atoms with Crippen LogP contribution in [-0.4, -0.2) is 6.61 Å². The standard InChI is InChI=1S/C25H33F3O/c1-7-9-22-15-14-21(16-23(22)26)13-11-17(3)10-12-18(4)19(5)24(27)25(28)20(6)29-8-2/h7,9,14-18H,5-6,8,10-13H2,1-4H3/b9-7+,25-24-. The van der Waals surface area contributed by atoms with E-state index >= 15 is 0 Å². The molecule has 0 spiro atoms. The minimum absolute atomic E-state index is 0.122. The Morgan fingerprint density at radius 2 is 1.79 bits per heavy atom. The van der Waals surface area contributed by atoms with Crippen molar-refractivity contribution in [2.24, 2.45) is 11.8 Å². The Hall–Kier alpha value is -2.23. The maximum Gasteiger partial charge on any atom is 0.200 e. The second kappa shape index (κ2) is 12.4. The fraction of sp³-hybridized carbons (Fsp3) is 0.440. The second-order valence-corrected chi connectivity index (χ2v) is 7.49. The lowest BCUT2D eigenvalue weighted by Crippen LogP contribution is -2.06. The van der Waals surface area contributed by atoms with Gasteiger partial charge in [-0.15, -0.1) is 0 Å². The number of ether oxygens (including phenoxy) is 1. The summed E-state index contributed by atoms with van der Waals surface area (Å²) in [6.45, 7) is 14.8. The Kier molecular flexibility index (Phi) is 10.6. The zero-order chi connectivity index (χ0) is 22.0. The number of allylic oxidation sites excluding steroid dienone is 4. The van der Waals surface area contributed by atoms with Gasteiger partial charge in [0.2, 0.25) is 0 Å². The summed E-state index contributed by atoms with van der Waals surface area (Å²) >= 11 is 0. The highest BCUT2D eigenvalue weighted by Gasteiger charge is 2.19. The maximum absolute atomic E-state index is 14.3. The van der Waals surface area contributed by atoms with Crippen LogP contribution < -0.4 is 0 Å². The Labute approximate surface area is 173 Å². The van der Waals surface area contributed by atoms with Crippen LogP contribution in [0, 0.1) is 17.7 Å². The zero-order valence-electron chi connectivity index (χ0n) is 18.0.